The molecule has 1 unspecified atom stereocenters. The van der Waals surface area contributed by atoms with E-state index in [2.05, 4.69) is 22.1 Å². The zero-order chi connectivity index (χ0) is 26.6. The van der Waals surface area contributed by atoms with Crippen molar-refractivity contribution in [3.8, 4) is 0 Å². The summed E-state index contributed by atoms with van der Waals surface area (Å²) in [6.07, 6.45) is 0.227. The normalized spacial score (nSPS) is 19.2. The lowest BCUT2D eigenvalue weighted by Gasteiger charge is -2.41. The minimum Gasteiger partial charge on any atom is -0.374 e. The van der Waals surface area contributed by atoms with Crippen LogP contribution in [0.4, 0.5) is 14.5 Å². The summed E-state index contributed by atoms with van der Waals surface area (Å²) in [6, 6.07) is 6.04. The van der Waals surface area contributed by atoms with E-state index < -0.39 is 12.7 Å². The minimum atomic E-state index is -2.32. The molecule has 0 saturated heterocycles. The molecule has 36 heavy (non-hydrogen) atoms. The van der Waals surface area contributed by atoms with Gasteiger partial charge in [0.25, 0.3) is 12.0 Å². The van der Waals surface area contributed by atoms with Crippen LogP contribution in [0.25, 0.3) is 0 Å². The number of anilines is 1. The van der Waals surface area contributed by atoms with Gasteiger partial charge in [-0.2, -0.15) is 0 Å². The first kappa shape index (κ1) is 28.6. The first-order chi connectivity index (χ1) is 17.0. The number of H-pyrrole nitrogens is 1. The molecule has 1 heterocycles. The predicted molar refractivity (Wildman–Crippen MR) is 142 cm³/mol. The maximum atomic E-state index is 12.8. The average Bonchev–Trinajstić information content (AvgIpc) is 2.80. The Hall–Kier alpha value is -2.00. The van der Waals surface area contributed by atoms with Crippen molar-refractivity contribution in [1.29, 1.82) is 0 Å². The van der Waals surface area contributed by atoms with Crippen LogP contribution in [-0.2, 0) is 6.54 Å². The van der Waals surface area contributed by atoms with Crippen molar-refractivity contribution >= 4 is 17.3 Å². The topological polar surface area (TPSA) is 71.6 Å². The fourth-order valence-corrected chi connectivity index (χ4v) is 5.70. The molecule has 0 spiro atoms. The van der Waals surface area contributed by atoms with Gasteiger partial charge in [0.2, 0.25) is 0 Å². The van der Waals surface area contributed by atoms with Crippen LogP contribution < -0.4 is 15.8 Å². The molecule has 1 atom stereocenters. The number of alkyl halides is 2. The van der Waals surface area contributed by atoms with Crippen LogP contribution in [0.15, 0.2) is 23.0 Å². The molecule has 3 N–H and O–H groups in total. The highest BCUT2D eigenvalue weighted by atomic mass is 35.5. The number of benzene rings is 1. The molecule has 0 bridgehead atoms. The lowest BCUT2D eigenvalue weighted by atomic mass is 9.88. The predicted octanol–water partition coefficient (Wildman–Crippen LogP) is 5.07. The van der Waals surface area contributed by atoms with Gasteiger partial charge in [-0.3, -0.25) is 15.0 Å². The van der Waals surface area contributed by atoms with Crippen molar-refractivity contribution in [3.63, 3.8) is 0 Å². The Morgan fingerprint density at radius 1 is 1.14 bits per heavy atom. The molecule has 9 heteroatoms. The molecular weight excluding hydrogens is 486 g/mol. The van der Waals surface area contributed by atoms with Crippen molar-refractivity contribution in [2.75, 3.05) is 25.0 Å². The monoisotopic (exact) mass is 524 g/mol. The number of pyridine rings is 1. The highest BCUT2D eigenvalue weighted by molar-refractivity contribution is 6.31. The number of aliphatic hydroxyl groups is 1. The summed E-state index contributed by atoms with van der Waals surface area (Å²) in [5.74, 6) is 0. The molecule has 200 valence electrons. The van der Waals surface area contributed by atoms with E-state index in [1.807, 2.05) is 32.9 Å². The SMILES string of the molecule is CCN(c1cc(Cl)cc(C(O)NCc2c(C)cc(C)[nH]c2=O)c1C)C1CCC(N(C)CC(F)F)CC1. The fourth-order valence-electron chi connectivity index (χ4n) is 5.48. The lowest BCUT2D eigenvalue weighted by Crippen LogP contribution is -2.44. The third-order valence-electron chi connectivity index (χ3n) is 7.45. The standard InChI is InChI=1S/C27H39ClF2N4O2/c1-6-34(21-9-7-20(8-10-21)33(5)15-25(29)30)24-13-19(28)12-22(18(24)4)26(35)31-14-23-16(2)11-17(3)32-27(23)36/h11-13,20-21,25-26,31,35H,6-10,14-15H2,1-5H3,(H,32,36). The maximum Gasteiger partial charge on any atom is 0.252 e. The zero-order valence-corrected chi connectivity index (χ0v) is 22.6. The van der Waals surface area contributed by atoms with Gasteiger partial charge in [-0.1, -0.05) is 11.6 Å². The first-order valence-corrected chi connectivity index (χ1v) is 13.1. The van der Waals surface area contributed by atoms with E-state index in [1.165, 1.54) is 0 Å². The molecule has 1 fully saturated rings. The first-order valence-electron chi connectivity index (χ1n) is 12.7. The maximum absolute atomic E-state index is 12.8. The van der Waals surface area contributed by atoms with Gasteiger partial charge in [0.05, 0.1) is 6.54 Å². The van der Waals surface area contributed by atoms with E-state index >= 15 is 0 Å². The second-order valence-corrected chi connectivity index (χ2v) is 10.4. The number of halogens is 3. The van der Waals surface area contributed by atoms with Gasteiger partial charge in [0, 0.05) is 52.7 Å². The summed E-state index contributed by atoms with van der Waals surface area (Å²) in [5.41, 5.74) is 4.65. The summed E-state index contributed by atoms with van der Waals surface area (Å²) in [5, 5.41) is 14.6. The molecule has 2 aromatic rings. The highest BCUT2D eigenvalue weighted by Crippen LogP contribution is 2.35. The Bertz CT molecular complexity index is 1090. The second kappa shape index (κ2) is 12.5. The molecule has 1 saturated carbocycles. The van der Waals surface area contributed by atoms with Crippen LogP contribution in [0.1, 0.15) is 66.8 Å². The van der Waals surface area contributed by atoms with Crippen LogP contribution in [0.3, 0.4) is 0 Å². The van der Waals surface area contributed by atoms with Crippen LogP contribution in [0.5, 0.6) is 0 Å². The molecule has 0 amide bonds. The van der Waals surface area contributed by atoms with Gasteiger partial charge in [0.15, 0.2) is 0 Å². The summed E-state index contributed by atoms with van der Waals surface area (Å²) in [4.78, 5) is 19.3. The molecule has 0 aliphatic heterocycles. The van der Waals surface area contributed by atoms with E-state index in [9.17, 15) is 18.7 Å². The Balaban J connectivity index is 1.75. The van der Waals surface area contributed by atoms with Crippen molar-refractivity contribution in [3.05, 3.63) is 61.5 Å². The molecule has 3 rings (SSSR count). The summed E-state index contributed by atoms with van der Waals surface area (Å²) in [6.45, 7) is 8.58. The summed E-state index contributed by atoms with van der Waals surface area (Å²) < 4.78 is 25.6. The number of hydrogen-bond donors (Lipinski definition) is 3. The summed E-state index contributed by atoms with van der Waals surface area (Å²) >= 11 is 6.51. The number of aliphatic hydroxyl groups excluding tert-OH is 1. The van der Waals surface area contributed by atoms with Gasteiger partial charge in [-0.05, 0) is 89.8 Å². The molecule has 1 aliphatic carbocycles. The average molecular weight is 525 g/mol. The van der Waals surface area contributed by atoms with E-state index in [1.54, 1.807) is 18.0 Å². The molecule has 6 nitrogen and oxygen atoms in total. The van der Waals surface area contributed by atoms with Gasteiger partial charge >= 0.3 is 0 Å². The quantitative estimate of drug-likeness (QED) is 0.379. The van der Waals surface area contributed by atoms with Crippen molar-refractivity contribution in [2.45, 2.75) is 84.7 Å². The lowest BCUT2D eigenvalue weighted by molar-refractivity contribution is 0.0688. The Morgan fingerprint density at radius 3 is 2.36 bits per heavy atom. The Labute approximate surface area is 217 Å². The van der Waals surface area contributed by atoms with E-state index in [-0.39, 0.29) is 30.7 Å². The van der Waals surface area contributed by atoms with Crippen molar-refractivity contribution < 1.29 is 13.9 Å². The van der Waals surface area contributed by atoms with Gasteiger partial charge in [-0.25, -0.2) is 8.78 Å². The number of nitrogens with one attached hydrogen (secondary N) is 2. The van der Waals surface area contributed by atoms with Crippen LogP contribution >= 0.6 is 11.6 Å². The van der Waals surface area contributed by atoms with Crippen LogP contribution in [0.2, 0.25) is 5.02 Å². The zero-order valence-electron chi connectivity index (χ0n) is 21.9. The smallest absolute Gasteiger partial charge is 0.252 e. The number of aryl methyl sites for hydroxylation is 2. The van der Waals surface area contributed by atoms with Gasteiger partial charge in [-0.15, -0.1) is 0 Å². The van der Waals surface area contributed by atoms with E-state index in [0.29, 0.717) is 16.1 Å². The number of aromatic nitrogens is 1. The number of hydrogen-bond acceptors (Lipinski definition) is 5. The van der Waals surface area contributed by atoms with E-state index in [0.717, 1.165) is 54.7 Å². The second-order valence-electron chi connectivity index (χ2n) is 9.94. The molecule has 0 radical (unpaired) electrons. The van der Waals surface area contributed by atoms with Crippen LogP contribution in [0, 0.1) is 20.8 Å². The Morgan fingerprint density at radius 2 is 1.78 bits per heavy atom. The largest absolute Gasteiger partial charge is 0.374 e. The molecule has 1 aliphatic rings. The third-order valence-corrected chi connectivity index (χ3v) is 7.67. The number of rotatable bonds is 10. The minimum absolute atomic E-state index is 0.164. The molecular formula is C27H39ClF2N4O2. The van der Waals surface area contributed by atoms with Crippen molar-refractivity contribution in [1.82, 2.24) is 15.2 Å². The van der Waals surface area contributed by atoms with Gasteiger partial charge < -0.3 is 15.0 Å². The Kier molecular flexibility index (Phi) is 9.92. The van der Waals surface area contributed by atoms with Crippen molar-refractivity contribution in [2.24, 2.45) is 0 Å². The molecule has 1 aromatic carbocycles. The highest BCUT2D eigenvalue weighted by Gasteiger charge is 2.29. The summed E-state index contributed by atoms with van der Waals surface area (Å²) in [7, 11) is 1.78. The van der Waals surface area contributed by atoms with E-state index in [4.69, 9.17) is 11.6 Å². The third kappa shape index (κ3) is 6.85. The number of aromatic amines is 1. The number of nitrogens with zero attached hydrogens (tertiary/aromatic N) is 2. The molecule has 1 aromatic heterocycles. The van der Waals surface area contributed by atoms with Crippen LogP contribution in [-0.4, -0.2) is 53.6 Å². The fraction of sp³-hybridized carbons (Fsp3) is 0.593. The van der Waals surface area contributed by atoms with Gasteiger partial charge in [0.1, 0.15) is 6.23 Å².